The van der Waals surface area contributed by atoms with E-state index in [-0.39, 0.29) is 12.2 Å². The van der Waals surface area contributed by atoms with Gasteiger partial charge in [0.05, 0.1) is 17.8 Å². The molecule has 0 unspecified atom stereocenters. The Balaban J connectivity index is 1.81. The number of rotatable bonds is 7. The van der Waals surface area contributed by atoms with Gasteiger partial charge >= 0.3 is 6.18 Å². The van der Waals surface area contributed by atoms with Crippen molar-refractivity contribution in [2.24, 2.45) is 0 Å². The van der Waals surface area contributed by atoms with Crippen LogP contribution in [0, 0.1) is 18.3 Å². The molecule has 4 aromatic rings. The maximum absolute atomic E-state index is 13.9. The molecule has 0 aliphatic heterocycles. The molecule has 0 aliphatic carbocycles. The highest BCUT2D eigenvalue weighted by atomic mass is 19.4. The molecule has 0 amide bonds. The topological polar surface area (TPSA) is 55.0 Å². The first-order chi connectivity index (χ1) is 18.5. The van der Waals surface area contributed by atoms with E-state index < -0.39 is 22.9 Å². The van der Waals surface area contributed by atoms with Crippen molar-refractivity contribution in [3.8, 4) is 28.8 Å². The molecule has 200 valence electrons. The van der Waals surface area contributed by atoms with Gasteiger partial charge in [0.2, 0.25) is 0 Å². The second-order valence-corrected chi connectivity index (χ2v) is 9.80. The summed E-state index contributed by atoms with van der Waals surface area (Å²) in [6, 6.07) is 22.4. The maximum atomic E-state index is 13.9. The van der Waals surface area contributed by atoms with Crippen LogP contribution < -0.4 is 10.3 Å². The van der Waals surface area contributed by atoms with Crippen molar-refractivity contribution in [3.05, 3.63) is 117 Å². The van der Waals surface area contributed by atoms with Crippen molar-refractivity contribution < 1.29 is 17.9 Å². The summed E-state index contributed by atoms with van der Waals surface area (Å²) in [6.07, 6.45) is -4.17. The lowest BCUT2D eigenvalue weighted by Gasteiger charge is -2.19. The van der Waals surface area contributed by atoms with E-state index in [1.165, 1.54) is 10.6 Å². The third-order valence-corrected chi connectivity index (χ3v) is 6.70. The second-order valence-electron chi connectivity index (χ2n) is 9.80. The summed E-state index contributed by atoms with van der Waals surface area (Å²) in [5.41, 5.74) is 1.29. The lowest BCUT2D eigenvalue weighted by molar-refractivity contribution is -0.137. The molecule has 0 saturated carbocycles. The SMILES string of the molecule is CCc1cc(C)ccc1Cn1c(-c2ccc(Oc3cccc(C(C)C)c3)cc2)cc(C(F)(F)F)c(C#N)c1=O. The Hall–Kier alpha value is -4.31. The number of ether oxygens (including phenoxy) is 1. The monoisotopic (exact) mass is 530 g/mol. The van der Waals surface area contributed by atoms with Gasteiger partial charge in [0.1, 0.15) is 23.1 Å². The van der Waals surface area contributed by atoms with Crippen LogP contribution in [0.3, 0.4) is 0 Å². The second kappa shape index (κ2) is 11.2. The van der Waals surface area contributed by atoms with Crippen molar-refractivity contribution in [1.82, 2.24) is 4.57 Å². The number of nitrogens with zero attached hydrogens (tertiary/aromatic N) is 2. The molecule has 0 N–H and O–H groups in total. The molecular weight excluding hydrogens is 501 g/mol. The van der Waals surface area contributed by atoms with E-state index in [0.717, 1.165) is 28.3 Å². The zero-order valence-corrected chi connectivity index (χ0v) is 22.3. The van der Waals surface area contributed by atoms with Crippen LogP contribution in [0.15, 0.2) is 77.6 Å². The Morgan fingerprint density at radius 1 is 0.949 bits per heavy atom. The fraction of sp³-hybridized carbons (Fsp3) is 0.250. The quantitative estimate of drug-likeness (QED) is 0.242. The highest BCUT2D eigenvalue weighted by Gasteiger charge is 2.36. The lowest BCUT2D eigenvalue weighted by Crippen LogP contribution is -2.29. The standard InChI is InChI=1S/C32H29F3N2O2/c1-5-22-15-21(4)9-10-25(22)19-37-30(17-29(32(33,34)35)28(18-36)31(37)38)23-11-13-26(14-12-23)39-27-8-6-7-24(16-27)20(2)3/h6-17,20H,5,19H2,1-4H3. The van der Waals surface area contributed by atoms with E-state index in [1.54, 1.807) is 24.3 Å². The van der Waals surface area contributed by atoms with Crippen LogP contribution in [0.2, 0.25) is 0 Å². The first kappa shape index (κ1) is 27.7. The Bertz CT molecular complexity index is 1590. The Morgan fingerprint density at radius 2 is 1.67 bits per heavy atom. The van der Waals surface area contributed by atoms with Crippen molar-refractivity contribution in [3.63, 3.8) is 0 Å². The molecule has 0 radical (unpaired) electrons. The van der Waals surface area contributed by atoms with Gasteiger partial charge in [-0.3, -0.25) is 4.79 Å². The van der Waals surface area contributed by atoms with Crippen LogP contribution in [0.4, 0.5) is 13.2 Å². The van der Waals surface area contributed by atoms with E-state index in [9.17, 15) is 23.2 Å². The average Bonchev–Trinajstić information content (AvgIpc) is 2.90. The van der Waals surface area contributed by atoms with Crippen LogP contribution in [0.25, 0.3) is 11.3 Å². The molecule has 1 aromatic heterocycles. The number of halogens is 3. The predicted molar refractivity (Wildman–Crippen MR) is 146 cm³/mol. The molecule has 0 fully saturated rings. The molecule has 39 heavy (non-hydrogen) atoms. The summed E-state index contributed by atoms with van der Waals surface area (Å²) >= 11 is 0. The zero-order valence-electron chi connectivity index (χ0n) is 22.3. The average molecular weight is 531 g/mol. The minimum absolute atomic E-state index is 0.0324. The van der Waals surface area contributed by atoms with Crippen molar-refractivity contribution in [2.45, 2.75) is 52.8 Å². The molecule has 0 aliphatic rings. The number of hydrogen-bond donors (Lipinski definition) is 0. The predicted octanol–water partition coefficient (Wildman–Crippen LogP) is 8.24. The summed E-state index contributed by atoms with van der Waals surface area (Å²) < 4.78 is 49.0. The molecule has 4 nitrogen and oxygen atoms in total. The minimum atomic E-state index is -4.86. The van der Waals surface area contributed by atoms with Gasteiger partial charge in [-0.25, -0.2) is 0 Å². The fourth-order valence-corrected chi connectivity index (χ4v) is 4.55. The third-order valence-electron chi connectivity index (χ3n) is 6.70. The van der Waals surface area contributed by atoms with Gasteiger partial charge in [-0.2, -0.15) is 18.4 Å². The van der Waals surface area contributed by atoms with E-state index in [0.29, 0.717) is 29.4 Å². The minimum Gasteiger partial charge on any atom is -0.457 e. The molecule has 0 atom stereocenters. The van der Waals surface area contributed by atoms with Gasteiger partial charge in [0.15, 0.2) is 0 Å². The van der Waals surface area contributed by atoms with Crippen molar-refractivity contribution >= 4 is 0 Å². The normalized spacial score (nSPS) is 11.5. The molecule has 1 heterocycles. The fourth-order valence-electron chi connectivity index (χ4n) is 4.55. The number of alkyl halides is 3. The summed E-state index contributed by atoms with van der Waals surface area (Å²) in [7, 11) is 0. The molecule has 4 rings (SSSR count). The van der Waals surface area contributed by atoms with Crippen LogP contribution in [-0.2, 0) is 19.1 Å². The summed E-state index contributed by atoms with van der Waals surface area (Å²) in [4.78, 5) is 13.3. The summed E-state index contributed by atoms with van der Waals surface area (Å²) in [5, 5.41) is 9.50. The van der Waals surface area contributed by atoms with E-state index in [2.05, 4.69) is 13.8 Å². The Kier molecular flexibility index (Phi) is 7.96. The number of hydrogen-bond acceptors (Lipinski definition) is 3. The van der Waals surface area contributed by atoms with E-state index in [1.807, 2.05) is 56.3 Å². The third kappa shape index (κ3) is 6.06. The van der Waals surface area contributed by atoms with Crippen LogP contribution in [0.1, 0.15) is 60.1 Å². The van der Waals surface area contributed by atoms with Crippen LogP contribution >= 0.6 is 0 Å². The molecule has 0 spiro atoms. The smallest absolute Gasteiger partial charge is 0.417 e. The van der Waals surface area contributed by atoms with Gasteiger partial charge in [-0.15, -0.1) is 0 Å². The van der Waals surface area contributed by atoms with Crippen LogP contribution in [-0.4, -0.2) is 4.57 Å². The number of aryl methyl sites for hydroxylation is 2. The Labute approximate surface area is 225 Å². The first-order valence-electron chi connectivity index (χ1n) is 12.7. The number of aromatic nitrogens is 1. The van der Waals surface area contributed by atoms with Gasteiger partial charge in [0, 0.05) is 0 Å². The first-order valence-corrected chi connectivity index (χ1v) is 12.7. The lowest BCUT2D eigenvalue weighted by atomic mass is 10.0. The molecule has 0 bridgehead atoms. The molecular formula is C32H29F3N2O2. The zero-order chi connectivity index (χ0) is 28.3. The van der Waals surface area contributed by atoms with Gasteiger partial charge in [-0.1, -0.05) is 56.7 Å². The molecule has 0 saturated heterocycles. The van der Waals surface area contributed by atoms with Gasteiger partial charge in [-0.05, 0) is 84.0 Å². The maximum Gasteiger partial charge on any atom is 0.417 e. The molecule has 7 heteroatoms. The van der Waals surface area contributed by atoms with E-state index in [4.69, 9.17) is 4.74 Å². The Morgan fingerprint density at radius 3 is 2.28 bits per heavy atom. The largest absolute Gasteiger partial charge is 0.457 e. The van der Waals surface area contributed by atoms with Gasteiger partial charge < -0.3 is 9.30 Å². The number of nitriles is 1. The highest BCUT2D eigenvalue weighted by molar-refractivity contribution is 5.64. The van der Waals surface area contributed by atoms with E-state index >= 15 is 0 Å². The summed E-state index contributed by atoms with van der Waals surface area (Å²) in [6.45, 7) is 8.13. The highest BCUT2D eigenvalue weighted by Crippen LogP contribution is 2.35. The van der Waals surface area contributed by atoms with Crippen molar-refractivity contribution in [2.75, 3.05) is 0 Å². The van der Waals surface area contributed by atoms with Crippen LogP contribution in [0.5, 0.6) is 11.5 Å². The number of benzene rings is 3. The van der Waals surface area contributed by atoms with Gasteiger partial charge in [0.25, 0.3) is 5.56 Å². The van der Waals surface area contributed by atoms with Crippen molar-refractivity contribution in [1.29, 1.82) is 5.26 Å². The number of pyridine rings is 1. The molecule has 3 aromatic carbocycles. The summed E-state index contributed by atoms with van der Waals surface area (Å²) in [5.74, 6) is 1.48.